The Balaban J connectivity index is 2.19. The molecule has 1 fully saturated rings. The van der Waals surface area contributed by atoms with Crippen molar-refractivity contribution in [2.24, 2.45) is 0 Å². The first-order valence-electron chi connectivity index (χ1n) is 5.57. The fourth-order valence-corrected chi connectivity index (χ4v) is 3.03. The molecule has 1 aliphatic rings. The molecule has 1 aliphatic heterocycles. The van der Waals surface area contributed by atoms with Crippen molar-refractivity contribution < 1.29 is 13.2 Å². The number of hydrogen-bond acceptors (Lipinski definition) is 6. The maximum atomic E-state index is 12.1. The number of sulfonamides is 1. The van der Waals surface area contributed by atoms with Crippen LogP contribution in [0.15, 0.2) is 17.3 Å². The Bertz CT molecular complexity index is 508. The van der Waals surface area contributed by atoms with E-state index in [1.807, 2.05) is 6.92 Å². The maximum absolute atomic E-state index is 12.1. The third kappa shape index (κ3) is 2.77. The van der Waals surface area contributed by atoms with Crippen LogP contribution in [0.5, 0.6) is 0 Å². The van der Waals surface area contributed by atoms with E-state index in [9.17, 15) is 8.42 Å². The van der Waals surface area contributed by atoms with Gasteiger partial charge in [-0.05, 0) is 13.3 Å². The zero-order valence-corrected chi connectivity index (χ0v) is 11.1. The molecule has 1 aromatic heterocycles. The Labute approximate surface area is 106 Å². The van der Waals surface area contributed by atoms with E-state index in [1.54, 1.807) is 7.05 Å². The molecule has 1 saturated heterocycles. The molecule has 2 heterocycles. The van der Waals surface area contributed by atoms with Gasteiger partial charge in [0.05, 0.1) is 24.5 Å². The second-order valence-corrected chi connectivity index (χ2v) is 6.14. The number of rotatable bonds is 4. The molecular weight excluding hydrogens is 256 g/mol. The third-order valence-corrected chi connectivity index (χ3v) is 4.35. The molecule has 2 N–H and O–H groups in total. The first-order valence-corrected chi connectivity index (χ1v) is 7.05. The predicted molar refractivity (Wildman–Crippen MR) is 65.7 cm³/mol. The van der Waals surface area contributed by atoms with Crippen LogP contribution in [0.25, 0.3) is 0 Å². The molecule has 0 saturated carbocycles. The summed E-state index contributed by atoms with van der Waals surface area (Å²) in [7, 11) is -1.94. The first kappa shape index (κ1) is 13.2. The largest absolute Gasteiger partial charge is 0.379 e. The van der Waals surface area contributed by atoms with Crippen LogP contribution in [-0.2, 0) is 14.8 Å². The molecule has 0 aromatic carbocycles. The summed E-state index contributed by atoms with van der Waals surface area (Å²) < 4.78 is 32.1. The van der Waals surface area contributed by atoms with E-state index in [1.165, 1.54) is 12.4 Å². The highest BCUT2D eigenvalue weighted by Crippen LogP contribution is 2.20. The van der Waals surface area contributed by atoms with E-state index in [2.05, 4.69) is 20.0 Å². The lowest BCUT2D eigenvalue weighted by Gasteiger charge is -2.22. The second-order valence-electron chi connectivity index (χ2n) is 4.46. The van der Waals surface area contributed by atoms with Gasteiger partial charge in [0.15, 0.2) is 0 Å². The van der Waals surface area contributed by atoms with E-state index < -0.39 is 15.6 Å². The molecule has 1 aromatic rings. The van der Waals surface area contributed by atoms with Crippen LogP contribution in [0, 0.1) is 0 Å². The summed E-state index contributed by atoms with van der Waals surface area (Å²) in [4.78, 5) is 7.83. The number of ether oxygens (including phenoxy) is 1. The van der Waals surface area contributed by atoms with Crippen molar-refractivity contribution in [2.45, 2.75) is 23.8 Å². The lowest BCUT2D eigenvalue weighted by molar-refractivity contribution is 0.178. The van der Waals surface area contributed by atoms with Gasteiger partial charge < -0.3 is 10.1 Å². The van der Waals surface area contributed by atoms with Gasteiger partial charge in [-0.1, -0.05) is 0 Å². The van der Waals surface area contributed by atoms with Gasteiger partial charge in [0.25, 0.3) is 0 Å². The van der Waals surface area contributed by atoms with E-state index in [-0.39, 0.29) is 4.90 Å². The highest BCUT2D eigenvalue weighted by Gasteiger charge is 2.34. The standard InChI is InChI=1S/C10H16N4O3S/c1-10(3-4-17-7-10)14-18(15,16)8-5-12-9(11-2)13-6-8/h5-6,14H,3-4,7H2,1-2H3,(H,11,12,13). The summed E-state index contributed by atoms with van der Waals surface area (Å²) in [6.07, 6.45) is 3.21. The third-order valence-electron chi connectivity index (χ3n) is 2.76. The van der Waals surface area contributed by atoms with Crippen LogP contribution in [0.3, 0.4) is 0 Å². The summed E-state index contributed by atoms with van der Waals surface area (Å²) in [5, 5.41) is 2.73. The van der Waals surface area contributed by atoms with Crippen LogP contribution in [0.2, 0.25) is 0 Å². The fourth-order valence-electron chi connectivity index (χ4n) is 1.71. The van der Waals surface area contributed by atoms with Gasteiger partial charge in [-0.3, -0.25) is 0 Å². The number of hydrogen-bond donors (Lipinski definition) is 2. The van der Waals surface area contributed by atoms with Crippen LogP contribution in [0.1, 0.15) is 13.3 Å². The molecule has 18 heavy (non-hydrogen) atoms. The quantitative estimate of drug-likeness (QED) is 0.800. The van der Waals surface area contributed by atoms with Crippen molar-refractivity contribution in [3.05, 3.63) is 12.4 Å². The molecule has 2 rings (SSSR count). The topological polar surface area (TPSA) is 93.2 Å². The smallest absolute Gasteiger partial charge is 0.244 e. The average Bonchev–Trinajstić information content (AvgIpc) is 2.75. The van der Waals surface area contributed by atoms with Gasteiger partial charge in [-0.2, -0.15) is 0 Å². The highest BCUT2D eigenvalue weighted by atomic mass is 32.2. The molecule has 100 valence electrons. The summed E-state index contributed by atoms with van der Waals surface area (Å²) in [6, 6.07) is 0. The Hall–Kier alpha value is -1.25. The van der Waals surface area contributed by atoms with Gasteiger partial charge in [0.2, 0.25) is 16.0 Å². The van der Waals surface area contributed by atoms with E-state index in [0.717, 1.165) is 0 Å². The minimum absolute atomic E-state index is 0.0506. The lowest BCUT2D eigenvalue weighted by Crippen LogP contribution is -2.46. The van der Waals surface area contributed by atoms with Crippen molar-refractivity contribution in [1.29, 1.82) is 0 Å². The molecule has 0 bridgehead atoms. The minimum atomic E-state index is -3.61. The molecule has 7 nitrogen and oxygen atoms in total. The maximum Gasteiger partial charge on any atom is 0.244 e. The zero-order chi connectivity index (χ0) is 13.2. The van der Waals surface area contributed by atoms with Gasteiger partial charge in [-0.15, -0.1) is 0 Å². The van der Waals surface area contributed by atoms with Crippen molar-refractivity contribution in [3.63, 3.8) is 0 Å². The molecule has 0 radical (unpaired) electrons. The molecule has 1 unspecified atom stereocenters. The van der Waals surface area contributed by atoms with E-state index in [0.29, 0.717) is 25.6 Å². The summed E-state index contributed by atoms with van der Waals surface area (Å²) >= 11 is 0. The first-order chi connectivity index (χ1) is 8.45. The molecule has 0 spiro atoms. The van der Waals surface area contributed by atoms with E-state index in [4.69, 9.17) is 4.74 Å². The summed E-state index contributed by atoms with van der Waals surface area (Å²) in [6.45, 7) is 2.76. The Morgan fingerprint density at radius 2 is 2.06 bits per heavy atom. The Morgan fingerprint density at radius 3 is 2.56 bits per heavy atom. The molecule has 8 heteroatoms. The van der Waals surface area contributed by atoms with Gasteiger partial charge in [0.1, 0.15) is 4.90 Å². The zero-order valence-electron chi connectivity index (χ0n) is 10.3. The molecule has 0 aliphatic carbocycles. The monoisotopic (exact) mass is 272 g/mol. The van der Waals surface area contributed by atoms with Crippen molar-refractivity contribution in [2.75, 3.05) is 25.6 Å². The molecule has 1 atom stereocenters. The summed E-state index contributed by atoms with van der Waals surface area (Å²) in [5.41, 5.74) is -0.555. The Kier molecular flexibility index (Phi) is 3.51. The van der Waals surface area contributed by atoms with E-state index >= 15 is 0 Å². The normalized spacial score (nSPS) is 24.1. The number of nitrogens with zero attached hydrogens (tertiary/aromatic N) is 2. The van der Waals surface area contributed by atoms with Crippen molar-refractivity contribution >= 4 is 16.0 Å². The SMILES string of the molecule is CNc1ncc(S(=O)(=O)NC2(C)CCOC2)cn1. The van der Waals surface area contributed by atoms with Crippen LogP contribution < -0.4 is 10.0 Å². The number of nitrogens with one attached hydrogen (secondary N) is 2. The highest BCUT2D eigenvalue weighted by molar-refractivity contribution is 7.89. The lowest BCUT2D eigenvalue weighted by atomic mass is 10.0. The number of anilines is 1. The van der Waals surface area contributed by atoms with Crippen LogP contribution in [-0.4, -0.2) is 44.2 Å². The Morgan fingerprint density at radius 1 is 1.39 bits per heavy atom. The minimum Gasteiger partial charge on any atom is -0.379 e. The average molecular weight is 272 g/mol. The predicted octanol–water partition coefficient (Wildman–Crippen LogP) is -0.0244. The van der Waals surface area contributed by atoms with Gasteiger partial charge in [0, 0.05) is 13.7 Å². The number of aromatic nitrogens is 2. The van der Waals surface area contributed by atoms with Crippen LogP contribution in [0.4, 0.5) is 5.95 Å². The molecular formula is C10H16N4O3S. The van der Waals surface area contributed by atoms with Crippen LogP contribution >= 0.6 is 0 Å². The van der Waals surface area contributed by atoms with Crippen molar-refractivity contribution in [1.82, 2.24) is 14.7 Å². The second kappa shape index (κ2) is 4.79. The van der Waals surface area contributed by atoms with Gasteiger partial charge in [-0.25, -0.2) is 23.1 Å². The molecule has 0 amide bonds. The van der Waals surface area contributed by atoms with Gasteiger partial charge >= 0.3 is 0 Å². The van der Waals surface area contributed by atoms with Crippen molar-refractivity contribution in [3.8, 4) is 0 Å². The fraction of sp³-hybridized carbons (Fsp3) is 0.600. The summed E-state index contributed by atoms with van der Waals surface area (Å²) in [5.74, 6) is 0.379.